The van der Waals surface area contributed by atoms with Gasteiger partial charge in [0.25, 0.3) is 5.91 Å². The molecular weight excluding hydrogens is 236 g/mol. The zero-order valence-corrected chi connectivity index (χ0v) is 10.8. The van der Waals surface area contributed by atoms with Crippen molar-refractivity contribution in [2.75, 3.05) is 0 Å². The molecule has 1 amide bonds. The fourth-order valence-electron chi connectivity index (χ4n) is 1.72. The highest BCUT2D eigenvalue weighted by Gasteiger charge is 2.10. The standard InChI is InChI=1S/C16H16N2O/c1-12-7-9-14(10-8-12)15(17)16(19)18-11-13-5-3-2-4-6-13/h2-10,17H,11H2,1H3,(H,18,19). The normalized spacial score (nSPS) is 9.95. The minimum Gasteiger partial charge on any atom is -0.347 e. The van der Waals surface area contributed by atoms with Gasteiger partial charge in [-0.1, -0.05) is 60.2 Å². The molecular formula is C16H16N2O. The number of benzene rings is 2. The van der Waals surface area contributed by atoms with Crippen LogP contribution >= 0.6 is 0 Å². The lowest BCUT2D eigenvalue weighted by Crippen LogP contribution is -2.30. The van der Waals surface area contributed by atoms with Crippen molar-refractivity contribution in [3.63, 3.8) is 0 Å². The molecule has 3 heteroatoms. The molecule has 0 bridgehead atoms. The van der Waals surface area contributed by atoms with E-state index in [0.29, 0.717) is 12.1 Å². The summed E-state index contributed by atoms with van der Waals surface area (Å²) in [6.45, 7) is 2.41. The number of aryl methyl sites for hydroxylation is 1. The molecule has 0 spiro atoms. The summed E-state index contributed by atoms with van der Waals surface area (Å²) in [7, 11) is 0. The van der Waals surface area contributed by atoms with Gasteiger partial charge in [0.15, 0.2) is 0 Å². The van der Waals surface area contributed by atoms with Crippen LogP contribution in [0.25, 0.3) is 0 Å². The molecule has 0 heterocycles. The van der Waals surface area contributed by atoms with Crippen LogP contribution in [0, 0.1) is 12.3 Å². The smallest absolute Gasteiger partial charge is 0.270 e. The Balaban J connectivity index is 1.96. The molecule has 2 aromatic carbocycles. The first-order valence-corrected chi connectivity index (χ1v) is 6.14. The third-order valence-corrected chi connectivity index (χ3v) is 2.86. The van der Waals surface area contributed by atoms with E-state index in [1.807, 2.05) is 49.4 Å². The first-order chi connectivity index (χ1) is 9.16. The van der Waals surface area contributed by atoms with Gasteiger partial charge in [-0.05, 0) is 12.5 Å². The molecule has 96 valence electrons. The Morgan fingerprint density at radius 1 is 1.05 bits per heavy atom. The second-order valence-electron chi connectivity index (χ2n) is 4.41. The van der Waals surface area contributed by atoms with Gasteiger partial charge in [0.05, 0.1) is 0 Å². The molecule has 0 fully saturated rings. The van der Waals surface area contributed by atoms with Gasteiger partial charge < -0.3 is 5.32 Å². The van der Waals surface area contributed by atoms with E-state index in [2.05, 4.69) is 5.32 Å². The molecule has 19 heavy (non-hydrogen) atoms. The zero-order valence-electron chi connectivity index (χ0n) is 10.8. The van der Waals surface area contributed by atoms with E-state index in [9.17, 15) is 4.79 Å². The van der Waals surface area contributed by atoms with Crippen LogP contribution in [0.2, 0.25) is 0 Å². The van der Waals surface area contributed by atoms with Crippen molar-refractivity contribution in [1.82, 2.24) is 5.32 Å². The third-order valence-electron chi connectivity index (χ3n) is 2.86. The van der Waals surface area contributed by atoms with Crippen molar-refractivity contribution in [1.29, 1.82) is 5.41 Å². The number of amides is 1. The van der Waals surface area contributed by atoms with Crippen LogP contribution in [0.3, 0.4) is 0 Å². The van der Waals surface area contributed by atoms with E-state index in [1.165, 1.54) is 0 Å². The Bertz CT molecular complexity index is 573. The van der Waals surface area contributed by atoms with Gasteiger partial charge in [0.2, 0.25) is 0 Å². The quantitative estimate of drug-likeness (QED) is 0.808. The van der Waals surface area contributed by atoms with Gasteiger partial charge in [0, 0.05) is 12.1 Å². The molecule has 0 saturated carbocycles. The van der Waals surface area contributed by atoms with Crippen LogP contribution in [0.15, 0.2) is 54.6 Å². The van der Waals surface area contributed by atoms with Crippen molar-refractivity contribution in [3.8, 4) is 0 Å². The van der Waals surface area contributed by atoms with Gasteiger partial charge in [0.1, 0.15) is 5.71 Å². The largest absolute Gasteiger partial charge is 0.347 e. The topological polar surface area (TPSA) is 53.0 Å². The molecule has 0 aromatic heterocycles. The average Bonchev–Trinajstić information content (AvgIpc) is 2.46. The number of hydrogen-bond acceptors (Lipinski definition) is 2. The van der Waals surface area contributed by atoms with Crippen molar-refractivity contribution in [3.05, 3.63) is 71.3 Å². The first-order valence-electron chi connectivity index (χ1n) is 6.14. The molecule has 2 rings (SSSR count). The van der Waals surface area contributed by atoms with Crippen molar-refractivity contribution < 1.29 is 4.79 Å². The number of nitrogens with one attached hydrogen (secondary N) is 2. The average molecular weight is 252 g/mol. The molecule has 0 aliphatic carbocycles. The Morgan fingerprint density at radius 3 is 2.32 bits per heavy atom. The van der Waals surface area contributed by atoms with Crippen LogP contribution < -0.4 is 5.32 Å². The number of carbonyl (C=O) groups excluding carboxylic acids is 1. The predicted octanol–water partition coefficient (Wildman–Crippen LogP) is 2.68. The van der Waals surface area contributed by atoms with E-state index in [1.54, 1.807) is 12.1 Å². The Kier molecular flexibility index (Phi) is 4.08. The van der Waals surface area contributed by atoms with Gasteiger partial charge in [-0.15, -0.1) is 0 Å². The van der Waals surface area contributed by atoms with Crippen LogP contribution in [-0.2, 0) is 11.3 Å². The van der Waals surface area contributed by atoms with E-state index in [-0.39, 0.29) is 11.6 Å². The summed E-state index contributed by atoms with van der Waals surface area (Å²) in [4.78, 5) is 11.9. The highest BCUT2D eigenvalue weighted by molar-refractivity contribution is 6.44. The lowest BCUT2D eigenvalue weighted by atomic mass is 10.1. The minimum atomic E-state index is -0.354. The number of rotatable bonds is 4. The van der Waals surface area contributed by atoms with E-state index < -0.39 is 0 Å². The summed E-state index contributed by atoms with van der Waals surface area (Å²) in [5.74, 6) is -0.354. The lowest BCUT2D eigenvalue weighted by Gasteiger charge is -2.07. The Morgan fingerprint density at radius 2 is 1.68 bits per heavy atom. The van der Waals surface area contributed by atoms with E-state index in [0.717, 1.165) is 11.1 Å². The summed E-state index contributed by atoms with van der Waals surface area (Å²) in [6.07, 6.45) is 0. The number of hydrogen-bond donors (Lipinski definition) is 2. The van der Waals surface area contributed by atoms with Crippen LogP contribution in [-0.4, -0.2) is 11.6 Å². The summed E-state index contributed by atoms with van der Waals surface area (Å²) >= 11 is 0. The summed E-state index contributed by atoms with van der Waals surface area (Å²) in [6, 6.07) is 17.0. The molecule has 2 aromatic rings. The number of carbonyl (C=O) groups is 1. The van der Waals surface area contributed by atoms with Crippen molar-refractivity contribution in [2.45, 2.75) is 13.5 Å². The van der Waals surface area contributed by atoms with Gasteiger partial charge in [-0.25, -0.2) is 0 Å². The fraction of sp³-hybridized carbons (Fsp3) is 0.125. The maximum Gasteiger partial charge on any atom is 0.270 e. The van der Waals surface area contributed by atoms with E-state index >= 15 is 0 Å². The van der Waals surface area contributed by atoms with Crippen molar-refractivity contribution >= 4 is 11.6 Å². The second kappa shape index (κ2) is 5.96. The monoisotopic (exact) mass is 252 g/mol. The molecule has 0 atom stereocenters. The van der Waals surface area contributed by atoms with Gasteiger partial charge in [-0.3, -0.25) is 10.2 Å². The molecule has 0 unspecified atom stereocenters. The second-order valence-corrected chi connectivity index (χ2v) is 4.41. The highest BCUT2D eigenvalue weighted by Crippen LogP contribution is 2.04. The van der Waals surface area contributed by atoms with Gasteiger partial charge in [-0.2, -0.15) is 0 Å². The molecule has 3 nitrogen and oxygen atoms in total. The molecule has 0 radical (unpaired) electrons. The summed E-state index contributed by atoms with van der Waals surface area (Å²) < 4.78 is 0. The van der Waals surface area contributed by atoms with Crippen LogP contribution in [0.4, 0.5) is 0 Å². The van der Waals surface area contributed by atoms with Crippen LogP contribution in [0.5, 0.6) is 0 Å². The fourth-order valence-corrected chi connectivity index (χ4v) is 1.72. The van der Waals surface area contributed by atoms with Crippen LogP contribution in [0.1, 0.15) is 16.7 Å². The van der Waals surface area contributed by atoms with E-state index in [4.69, 9.17) is 5.41 Å². The maximum atomic E-state index is 11.9. The highest BCUT2D eigenvalue weighted by atomic mass is 16.1. The summed E-state index contributed by atoms with van der Waals surface area (Å²) in [5, 5.41) is 10.6. The molecule has 0 saturated heterocycles. The molecule has 0 aliphatic heterocycles. The summed E-state index contributed by atoms with van der Waals surface area (Å²) in [5.41, 5.74) is 2.76. The zero-order chi connectivity index (χ0) is 13.7. The third kappa shape index (κ3) is 3.52. The SMILES string of the molecule is Cc1ccc(C(=N)C(=O)NCc2ccccc2)cc1. The maximum absolute atomic E-state index is 11.9. The molecule has 2 N–H and O–H groups in total. The van der Waals surface area contributed by atoms with Gasteiger partial charge >= 0.3 is 0 Å². The predicted molar refractivity (Wildman–Crippen MR) is 76.3 cm³/mol. The first kappa shape index (κ1) is 13.0. The molecule has 0 aliphatic rings. The Hall–Kier alpha value is -2.42. The lowest BCUT2D eigenvalue weighted by molar-refractivity contribution is -0.114. The minimum absolute atomic E-state index is 0.00377. The Labute approximate surface area is 112 Å². The van der Waals surface area contributed by atoms with Crippen molar-refractivity contribution in [2.24, 2.45) is 0 Å².